The van der Waals surface area contributed by atoms with Gasteiger partial charge in [0.05, 0.1) is 13.7 Å². The number of carbonyl (C=O) groups is 4. The predicted molar refractivity (Wildman–Crippen MR) is 140 cm³/mol. The van der Waals surface area contributed by atoms with Gasteiger partial charge in [-0.2, -0.15) is 0 Å². The summed E-state index contributed by atoms with van der Waals surface area (Å²) in [5, 5.41) is 0. The van der Waals surface area contributed by atoms with Gasteiger partial charge in [0.1, 0.15) is 23.9 Å². The molecule has 4 atom stereocenters. The highest BCUT2D eigenvalue weighted by Gasteiger charge is 2.36. The van der Waals surface area contributed by atoms with Gasteiger partial charge < -0.3 is 38.9 Å². The molecule has 220 valence electrons. The van der Waals surface area contributed by atoms with E-state index in [2.05, 4.69) is 0 Å². The summed E-state index contributed by atoms with van der Waals surface area (Å²) >= 11 is 0. The molecular weight excluding hydrogens is 514 g/mol. The van der Waals surface area contributed by atoms with Crippen molar-refractivity contribution in [2.75, 3.05) is 13.7 Å². The van der Waals surface area contributed by atoms with Gasteiger partial charge in [-0.25, -0.2) is 14.4 Å². The van der Waals surface area contributed by atoms with E-state index in [0.29, 0.717) is 24.8 Å². The number of hydrogen-bond donors (Lipinski definition) is 1. The lowest BCUT2D eigenvalue weighted by atomic mass is 9.88. The zero-order valence-electron chi connectivity index (χ0n) is 23.8. The zero-order chi connectivity index (χ0) is 29.6. The third kappa shape index (κ3) is 11.8. The second-order valence-corrected chi connectivity index (χ2v) is 9.17. The fourth-order valence-electron chi connectivity index (χ4n) is 2.98. The molecule has 0 aliphatic carbocycles. The Morgan fingerprint density at radius 1 is 0.795 bits per heavy atom. The van der Waals surface area contributed by atoms with Gasteiger partial charge >= 0.3 is 24.4 Å². The summed E-state index contributed by atoms with van der Waals surface area (Å²) in [6, 6.07) is 4.28. The molecule has 2 N–H and O–H groups in total. The van der Waals surface area contributed by atoms with E-state index < -0.39 is 36.1 Å². The van der Waals surface area contributed by atoms with Crippen LogP contribution in [0.2, 0.25) is 0 Å². The number of methoxy groups -OCH3 is 1. The van der Waals surface area contributed by atoms with Gasteiger partial charge in [0.25, 0.3) is 0 Å². The van der Waals surface area contributed by atoms with Crippen LogP contribution in [0.15, 0.2) is 18.2 Å². The first-order valence-corrected chi connectivity index (χ1v) is 13.0. The molecular formula is C27H41NO11. The first kappa shape index (κ1) is 33.5. The van der Waals surface area contributed by atoms with Crippen molar-refractivity contribution in [1.82, 2.24) is 0 Å². The minimum atomic E-state index is -1.61. The topological polar surface area (TPSA) is 159 Å². The van der Waals surface area contributed by atoms with Crippen molar-refractivity contribution in [3.63, 3.8) is 0 Å². The highest BCUT2D eigenvalue weighted by Crippen LogP contribution is 2.31. The molecule has 0 saturated carbocycles. The summed E-state index contributed by atoms with van der Waals surface area (Å²) in [5.41, 5.74) is 5.19. The fourth-order valence-corrected chi connectivity index (χ4v) is 2.98. The van der Waals surface area contributed by atoms with Gasteiger partial charge in [-0.15, -0.1) is 0 Å². The van der Waals surface area contributed by atoms with Crippen LogP contribution < -0.4 is 15.2 Å². The van der Waals surface area contributed by atoms with E-state index in [1.807, 2.05) is 20.8 Å². The lowest BCUT2D eigenvalue weighted by molar-refractivity contribution is -0.147. The Kier molecular flexibility index (Phi) is 14.1. The average molecular weight is 556 g/mol. The molecule has 0 radical (unpaired) electrons. The van der Waals surface area contributed by atoms with Crippen LogP contribution in [0.5, 0.6) is 11.5 Å². The summed E-state index contributed by atoms with van der Waals surface area (Å²) in [6.45, 7) is 10.4. The molecule has 12 nitrogen and oxygen atoms in total. The van der Waals surface area contributed by atoms with Gasteiger partial charge in [0, 0.05) is 12.8 Å². The van der Waals surface area contributed by atoms with Crippen LogP contribution in [0.1, 0.15) is 72.8 Å². The van der Waals surface area contributed by atoms with Crippen LogP contribution in [0, 0.1) is 0 Å². The maximum atomic E-state index is 12.6. The Morgan fingerprint density at radius 3 is 1.77 bits per heavy atom. The SMILES string of the molecule is CCC(C)OC(=O)Oc1ccc(C[C@](N)(CCOC(=O)O[C@@H](C)CC)C(=O)OC)cc1OC(=O)OC(C)CC. The number of nitrogens with two attached hydrogens (primary N) is 1. The standard InChI is InChI=1S/C27H41NO11/c1-8-17(4)35-24(30)34-14-13-27(28,23(29)33-7)16-20-11-12-21(38-25(31)36-18(5)9-2)22(15-20)39-26(32)37-19(6)10-3/h11-12,15,17-19H,8-10,13-14,16,28H2,1-7H3/t17-,18?,19?,27+/m0/s1. The van der Waals surface area contributed by atoms with Crippen molar-refractivity contribution < 1.29 is 52.3 Å². The van der Waals surface area contributed by atoms with Crippen LogP contribution in [-0.2, 0) is 34.9 Å². The molecule has 0 heterocycles. The quantitative estimate of drug-likeness (QED) is 0.185. The van der Waals surface area contributed by atoms with Crippen LogP contribution in [-0.4, -0.2) is 62.0 Å². The third-order valence-electron chi connectivity index (χ3n) is 5.89. The summed E-state index contributed by atoms with van der Waals surface area (Å²) in [5.74, 6) is -1.01. The molecule has 1 aromatic rings. The smallest absolute Gasteiger partial charge is 0.468 e. The predicted octanol–water partition coefficient (Wildman–Crippen LogP) is 5.07. The van der Waals surface area contributed by atoms with Crippen molar-refractivity contribution in [3.05, 3.63) is 23.8 Å². The molecule has 0 aliphatic heterocycles. The number of hydrogen-bond acceptors (Lipinski definition) is 12. The van der Waals surface area contributed by atoms with Gasteiger partial charge in [0.2, 0.25) is 0 Å². The summed E-state index contributed by atoms with van der Waals surface area (Å²) in [7, 11) is 1.18. The summed E-state index contributed by atoms with van der Waals surface area (Å²) in [4.78, 5) is 48.9. The molecule has 0 aromatic heterocycles. The van der Waals surface area contributed by atoms with Crippen molar-refractivity contribution in [2.45, 2.75) is 97.5 Å². The van der Waals surface area contributed by atoms with Crippen molar-refractivity contribution in [1.29, 1.82) is 0 Å². The van der Waals surface area contributed by atoms with E-state index >= 15 is 0 Å². The summed E-state index contributed by atoms with van der Waals surface area (Å²) in [6.07, 6.45) is -2.45. The Hall–Kier alpha value is -3.54. The highest BCUT2D eigenvalue weighted by atomic mass is 16.8. The molecule has 0 fully saturated rings. The largest absolute Gasteiger partial charge is 0.514 e. The Morgan fingerprint density at radius 2 is 1.28 bits per heavy atom. The molecule has 1 rings (SSSR count). The second kappa shape index (κ2) is 16.4. The second-order valence-electron chi connectivity index (χ2n) is 9.17. The third-order valence-corrected chi connectivity index (χ3v) is 5.89. The fraction of sp³-hybridized carbons (Fsp3) is 0.630. The van der Waals surface area contributed by atoms with Gasteiger partial charge in [-0.1, -0.05) is 26.8 Å². The first-order chi connectivity index (χ1) is 18.4. The molecule has 0 spiro atoms. The molecule has 0 saturated heterocycles. The van der Waals surface area contributed by atoms with Crippen LogP contribution in [0.4, 0.5) is 14.4 Å². The molecule has 1 aromatic carbocycles. The number of carbonyl (C=O) groups excluding carboxylic acids is 4. The lowest BCUT2D eigenvalue weighted by Gasteiger charge is -2.27. The molecule has 0 amide bonds. The molecule has 2 unspecified atom stereocenters. The van der Waals surface area contributed by atoms with E-state index in [-0.39, 0.29) is 43.2 Å². The molecule has 0 bridgehead atoms. The molecule has 0 aliphatic rings. The van der Waals surface area contributed by atoms with Gasteiger partial charge in [0.15, 0.2) is 11.5 Å². The number of rotatable bonds is 14. The Labute approximate surface area is 229 Å². The Balaban J connectivity index is 3.16. The maximum absolute atomic E-state index is 12.6. The van der Waals surface area contributed by atoms with Crippen molar-refractivity contribution in [2.24, 2.45) is 5.73 Å². The summed E-state index contributed by atoms with van der Waals surface area (Å²) < 4.78 is 35.8. The van der Waals surface area contributed by atoms with Crippen molar-refractivity contribution >= 4 is 24.4 Å². The van der Waals surface area contributed by atoms with Gasteiger partial charge in [-0.05, 0) is 57.7 Å². The van der Waals surface area contributed by atoms with Crippen molar-refractivity contribution in [3.8, 4) is 11.5 Å². The van der Waals surface area contributed by atoms with Crippen LogP contribution in [0.25, 0.3) is 0 Å². The van der Waals surface area contributed by atoms with E-state index in [1.54, 1.807) is 20.8 Å². The molecule has 12 heteroatoms. The molecule has 39 heavy (non-hydrogen) atoms. The van der Waals surface area contributed by atoms with Crippen LogP contribution >= 0.6 is 0 Å². The minimum absolute atomic E-state index is 0.0962. The van der Waals surface area contributed by atoms with Gasteiger partial charge in [-0.3, -0.25) is 4.79 Å². The number of ether oxygens (including phenoxy) is 7. The van der Waals surface area contributed by atoms with E-state index in [0.717, 1.165) is 0 Å². The monoisotopic (exact) mass is 555 g/mol. The van der Waals surface area contributed by atoms with E-state index in [1.165, 1.54) is 25.3 Å². The van der Waals surface area contributed by atoms with E-state index in [4.69, 9.17) is 38.9 Å². The Bertz CT molecular complexity index is 967. The van der Waals surface area contributed by atoms with E-state index in [9.17, 15) is 19.2 Å². The number of esters is 1. The van der Waals surface area contributed by atoms with Crippen LogP contribution in [0.3, 0.4) is 0 Å². The minimum Gasteiger partial charge on any atom is -0.468 e. The zero-order valence-corrected chi connectivity index (χ0v) is 23.8. The highest BCUT2D eigenvalue weighted by molar-refractivity contribution is 5.81. The first-order valence-electron chi connectivity index (χ1n) is 13.0. The maximum Gasteiger partial charge on any atom is 0.514 e. The lowest BCUT2D eigenvalue weighted by Crippen LogP contribution is -2.51. The average Bonchev–Trinajstić information content (AvgIpc) is 2.89. The normalized spacial score (nSPS) is 14.6. The number of benzene rings is 1.